The Labute approximate surface area is 184 Å². The maximum Gasteiger partial charge on any atom is 0.339 e. The first kappa shape index (κ1) is 19.7. The molecule has 0 atom stereocenters. The van der Waals surface area contributed by atoms with E-state index in [4.69, 9.17) is 14.1 Å². The molecule has 32 heavy (non-hydrogen) atoms. The van der Waals surface area contributed by atoms with Crippen LogP contribution in [0.25, 0.3) is 33.1 Å². The van der Waals surface area contributed by atoms with Gasteiger partial charge in [-0.15, -0.1) is 0 Å². The highest BCUT2D eigenvalue weighted by Gasteiger charge is 2.22. The van der Waals surface area contributed by atoms with Crippen molar-refractivity contribution in [1.29, 1.82) is 0 Å². The molecule has 5 aromatic rings. The first-order valence-electron chi connectivity index (χ1n) is 10.3. The molecule has 5 heteroatoms. The zero-order chi connectivity index (χ0) is 22.1. The molecule has 0 amide bonds. The summed E-state index contributed by atoms with van der Waals surface area (Å²) in [5, 5.41) is 1.51. The van der Waals surface area contributed by atoms with Crippen molar-refractivity contribution < 1.29 is 18.7 Å². The Morgan fingerprint density at radius 1 is 0.906 bits per heavy atom. The molecule has 3 aromatic carbocycles. The fourth-order valence-corrected chi connectivity index (χ4v) is 3.84. The maximum atomic E-state index is 13.1. The van der Waals surface area contributed by atoms with Crippen molar-refractivity contribution in [3.05, 3.63) is 102 Å². The molecule has 0 saturated carbocycles. The summed E-state index contributed by atoms with van der Waals surface area (Å²) < 4.78 is 11.0. The predicted molar refractivity (Wildman–Crippen MR) is 123 cm³/mol. The number of fused-ring (bicyclic) bond motifs is 2. The number of pyridine rings is 1. The lowest BCUT2D eigenvalue weighted by Crippen LogP contribution is -2.15. The Kier molecular flexibility index (Phi) is 5.00. The van der Waals surface area contributed by atoms with Crippen LogP contribution in [-0.4, -0.2) is 23.3 Å². The minimum absolute atomic E-state index is 0.167. The van der Waals surface area contributed by atoms with Gasteiger partial charge in [-0.25, -0.2) is 9.78 Å². The molecule has 5 nitrogen and oxygen atoms in total. The summed E-state index contributed by atoms with van der Waals surface area (Å²) in [6, 6.07) is 26.1. The molecule has 156 valence electrons. The Bertz CT molecular complexity index is 1430. The van der Waals surface area contributed by atoms with Gasteiger partial charge in [-0.2, -0.15) is 0 Å². The molecule has 0 N–H and O–H groups in total. The fourth-order valence-electron chi connectivity index (χ4n) is 3.84. The summed E-state index contributed by atoms with van der Waals surface area (Å²) in [6.07, 6.45) is 0. The lowest BCUT2D eigenvalue weighted by molar-refractivity contribution is 0.0469. The number of para-hydroxylation sites is 2. The average Bonchev–Trinajstić information content (AvgIpc) is 3.27. The number of rotatable bonds is 5. The first-order chi connectivity index (χ1) is 15.6. The number of hydrogen-bond donors (Lipinski definition) is 0. The number of carbonyl (C=O) groups is 2. The van der Waals surface area contributed by atoms with E-state index in [1.165, 1.54) is 0 Å². The van der Waals surface area contributed by atoms with E-state index >= 15 is 0 Å². The second-order valence-electron chi connectivity index (χ2n) is 7.49. The number of furan rings is 1. The number of esters is 1. The van der Waals surface area contributed by atoms with Crippen LogP contribution >= 0.6 is 0 Å². The third kappa shape index (κ3) is 3.54. The van der Waals surface area contributed by atoms with Crippen molar-refractivity contribution in [2.45, 2.75) is 6.92 Å². The van der Waals surface area contributed by atoms with Crippen LogP contribution in [0.5, 0.6) is 0 Å². The van der Waals surface area contributed by atoms with E-state index in [0.29, 0.717) is 33.3 Å². The highest BCUT2D eigenvalue weighted by molar-refractivity contribution is 6.07. The largest absolute Gasteiger partial charge is 0.454 e. The number of benzene rings is 3. The van der Waals surface area contributed by atoms with Gasteiger partial charge in [0.15, 0.2) is 12.4 Å². The van der Waals surface area contributed by atoms with Crippen molar-refractivity contribution in [2.24, 2.45) is 0 Å². The highest BCUT2D eigenvalue weighted by atomic mass is 16.5. The van der Waals surface area contributed by atoms with Gasteiger partial charge in [-0.1, -0.05) is 66.7 Å². The van der Waals surface area contributed by atoms with Gasteiger partial charge in [0.1, 0.15) is 5.58 Å². The van der Waals surface area contributed by atoms with E-state index in [0.717, 1.165) is 10.9 Å². The van der Waals surface area contributed by atoms with Gasteiger partial charge in [0, 0.05) is 16.3 Å². The van der Waals surface area contributed by atoms with Gasteiger partial charge in [-0.3, -0.25) is 4.79 Å². The summed E-state index contributed by atoms with van der Waals surface area (Å²) in [7, 11) is 0. The quantitative estimate of drug-likeness (QED) is 0.257. The monoisotopic (exact) mass is 421 g/mol. The van der Waals surface area contributed by atoms with Gasteiger partial charge >= 0.3 is 5.97 Å². The van der Waals surface area contributed by atoms with E-state index in [1.807, 2.05) is 79.7 Å². The summed E-state index contributed by atoms with van der Waals surface area (Å²) in [5.41, 5.74) is 4.03. The number of ketones is 1. The van der Waals surface area contributed by atoms with E-state index in [1.54, 1.807) is 12.1 Å². The molecule has 0 bridgehead atoms. The second-order valence-corrected chi connectivity index (χ2v) is 7.49. The molecular weight excluding hydrogens is 402 g/mol. The number of carbonyl (C=O) groups excluding carboxylic acids is 2. The zero-order valence-electron chi connectivity index (χ0n) is 17.4. The lowest BCUT2D eigenvalue weighted by Gasteiger charge is -2.14. The van der Waals surface area contributed by atoms with Crippen LogP contribution in [0.4, 0.5) is 0 Å². The number of Topliss-reactive ketones (excluding diaryl/α,β-unsaturated/α-hetero) is 1. The van der Waals surface area contributed by atoms with Crippen molar-refractivity contribution >= 4 is 33.6 Å². The van der Waals surface area contributed by atoms with Crippen molar-refractivity contribution in [3.63, 3.8) is 0 Å². The Morgan fingerprint density at radius 2 is 1.62 bits per heavy atom. The molecule has 0 aliphatic rings. The summed E-state index contributed by atoms with van der Waals surface area (Å²) in [5.74, 6) is -0.795. The molecule has 2 aromatic heterocycles. The average molecular weight is 421 g/mol. The van der Waals surface area contributed by atoms with Crippen LogP contribution in [0.15, 0.2) is 89.3 Å². The number of hydrogen-bond acceptors (Lipinski definition) is 5. The minimum atomic E-state index is -0.567. The zero-order valence-corrected chi connectivity index (χ0v) is 17.4. The third-order valence-corrected chi connectivity index (χ3v) is 5.42. The topological polar surface area (TPSA) is 69.4 Å². The predicted octanol–water partition coefficient (Wildman–Crippen LogP) is 6.00. The molecule has 0 spiro atoms. The Hall–Kier alpha value is -4.25. The molecule has 0 aliphatic heterocycles. The normalized spacial score (nSPS) is 11.0. The molecule has 0 unspecified atom stereocenters. The van der Waals surface area contributed by atoms with Gasteiger partial charge in [0.05, 0.1) is 16.8 Å². The first-order valence-corrected chi connectivity index (χ1v) is 10.3. The van der Waals surface area contributed by atoms with E-state index in [2.05, 4.69) is 0 Å². The van der Waals surface area contributed by atoms with E-state index in [-0.39, 0.29) is 5.76 Å². The number of ether oxygens (including phenoxy) is 1. The summed E-state index contributed by atoms with van der Waals surface area (Å²) >= 11 is 0. The smallest absolute Gasteiger partial charge is 0.339 e. The minimum Gasteiger partial charge on any atom is -0.454 e. The molecule has 0 fully saturated rings. The second kappa shape index (κ2) is 8.12. The van der Waals surface area contributed by atoms with Crippen LogP contribution in [0.3, 0.4) is 0 Å². The third-order valence-electron chi connectivity index (χ3n) is 5.42. The SMILES string of the molecule is Cc1c(-c2ccccc2)nc2ccccc2c1C(=O)OCC(=O)c1cc2ccccc2o1. The summed E-state index contributed by atoms with van der Waals surface area (Å²) in [6.45, 7) is 1.44. The van der Waals surface area contributed by atoms with Gasteiger partial charge in [-0.05, 0) is 30.7 Å². The molecular formula is C27H19NO4. The van der Waals surface area contributed by atoms with Crippen LogP contribution in [0.2, 0.25) is 0 Å². The number of aromatic nitrogens is 1. The maximum absolute atomic E-state index is 13.1. The standard InChI is InChI=1S/C27H19NO4/c1-17-25(20-12-6-7-13-21(20)28-26(17)18-9-3-2-4-10-18)27(30)31-16-22(29)24-15-19-11-5-8-14-23(19)32-24/h2-15H,16H2,1H3. The van der Waals surface area contributed by atoms with E-state index < -0.39 is 18.4 Å². The van der Waals surface area contributed by atoms with Crippen molar-refractivity contribution in [2.75, 3.05) is 6.61 Å². The highest BCUT2D eigenvalue weighted by Crippen LogP contribution is 2.30. The molecule has 0 aliphatic carbocycles. The van der Waals surface area contributed by atoms with E-state index in [9.17, 15) is 9.59 Å². The van der Waals surface area contributed by atoms with Crippen LogP contribution in [0.1, 0.15) is 26.5 Å². The Morgan fingerprint density at radius 3 is 2.44 bits per heavy atom. The summed E-state index contributed by atoms with van der Waals surface area (Å²) in [4.78, 5) is 30.5. The molecule has 5 rings (SSSR count). The molecule has 0 radical (unpaired) electrons. The van der Waals surface area contributed by atoms with Crippen LogP contribution in [-0.2, 0) is 4.74 Å². The van der Waals surface area contributed by atoms with Gasteiger partial charge < -0.3 is 9.15 Å². The van der Waals surface area contributed by atoms with Crippen molar-refractivity contribution in [1.82, 2.24) is 4.98 Å². The lowest BCUT2D eigenvalue weighted by atomic mass is 9.98. The fraction of sp³-hybridized carbons (Fsp3) is 0.0741. The van der Waals surface area contributed by atoms with Gasteiger partial charge in [0.25, 0.3) is 0 Å². The molecule has 0 saturated heterocycles. The van der Waals surface area contributed by atoms with Gasteiger partial charge in [0.2, 0.25) is 5.78 Å². The molecule has 2 heterocycles. The van der Waals surface area contributed by atoms with Crippen LogP contribution < -0.4 is 0 Å². The van der Waals surface area contributed by atoms with Crippen molar-refractivity contribution in [3.8, 4) is 11.3 Å². The van der Waals surface area contributed by atoms with Crippen LogP contribution in [0, 0.1) is 6.92 Å². The number of nitrogens with zero attached hydrogens (tertiary/aromatic N) is 1. The Balaban J connectivity index is 1.47.